The van der Waals surface area contributed by atoms with Crippen LogP contribution in [0.15, 0.2) is 89.9 Å². The number of carbonyl (C=O) groups is 1. The van der Waals surface area contributed by atoms with Crippen LogP contribution in [-0.4, -0.2) is 30.3 Å². The summed E-state index contributed by atoms with van der Waals surface area (Å²) in [6.07, 6.45) is 3.22. The maximum Gasteiger partial charge on any atom is 0.271 e. The maximum absolute atomic E-state index is 12.5. The van der Waals surface area contributed by atoms with Crippen LogP contribution in [0.2, 0.25) is 5.02 Å². The normalized spacial score (nSPS) is 10.8. The molecule has 0 saturated heterocycles. The molecular formula is C28H25ClN4O3S. The summed E-state index contributed by atoms with van der Waals surface area (Å²) in [5.41, 5.74) is 6.43. The molecule has 0 aliphatic heterocycles. The van der Waals surface area contributed by atoms with Crippen molar-refractivity contribution in [3.05, 3.63) is 101 Å². The minimum absolute atomic E-state index is 0.317. The summed E-state index contributed by atoms with van der Waals surface area (Å²) in [4.78, 5) is 17.2. The van der Waals surface area contributed by atoms with Crippen molar-refractivity contribution < 1.29 is 14.3 Å². The quantitative estimate of drug-likeness (QED) is 0.124. The van der Waals surface area contributed by atoms with Gasteiger partial charge in [-0.15, -0.1) is 11.3 Å². The van der Waals surface area contributed by atoms with E-state index in [9.17, 15) is 4.79 Å². The molecule has 0 atom stereocenters. The molecule has 0 aliphatic rings. The number of anilines is 2. The molecule has 0 fully saturated rings. The van der Waals surface area contributed by atoms with Gasteiger partial charge in [0.25, 0.3) is 5.91 Å². The zero-order valence-corrected chi connectivity index (χ0v) is 21.7. The molecule has 4 aromatic rings. The molecule has 188 valence electrons. The SMILES string of the molecule is C=CCOc1ccc(/C=N/NC(=O)c2ccc(-c3csc(Nc4ccc(Cl)cc4)n3)cc2)cc1OCC. The number of halogens is 1. The van der Waals surface area contributed by atoms with Crippen molar-refractivity contribution in [2.75, 3.05) is 18.5 Å². The molecule has 2 N–H and O–H groups in total. The molecular weight excluding hydrogens is 508 g/mol. The van der Waals surface area contributed by atoms with E-state index in [-0.39, 0.29) is 5.91 Å². The zero-order valence-electron chi connectivity index (χ0n) is 20.1. The predicted octanol–water partition coefficient (Wildman–Crippen LogP) is 6.93. The van der Waals surface area contributed by atoms with Gasteiger partial charge in [-0.2, -0.15) is 5.10 Å². The lowest BCUT2D eigenvalue weighted by atomic mass is 10.1. The van der Waals surface area contributed by atoms with Crippen molar-refractivity contribution in [3.8, 4) is 22.8 Å². The molecule has 9 heteroatoms. The molecule has 1 amide bonds. The molecule has 0 radical (unpaired) electrons. The van der Waals surface area contributed by atoms with Crippen molar-refractivity contribution in [1.29, 1.82) is 0 Å². The van der Waals surface area contributed by atoms with Gasteiger partial charge in [0.15, 0.2) is 16.6 Å². The lowest BCUT2D eigenvalue weighted by molar-refractivity contribution is 0.0955. The van der Waals surface area contributed by atoms with Crippen LogP contribution in [0.4, 0.5) is 10.8 Å². The fourth-order valence-electron chi connectivity index (χ4n) is 3.28. The van der Waals surface area contributed by atoms with Crippen molar-refractivity contribution in [1.82, 2.24) is 10.4 Å². The summed E-state index contributed by atoms with van der Waals surface area (Å²) in [7, 11) is 0. The van der Waals surface area contributed by atoms with E-state index in [1.807, 2.05) is 54.8 Å². The highest BCUT2D eigenvalue weighted by molar-refractivity contribution is 7.14. The van der Waals surface area contributed by atoms with E-state index in [2.05, 4.69) is 27.4 Å². The van der Waals surface area contributed by atoms with Gasteiger partial charge in [0.05, 0.1) is 18.5 Å². The molecule has 1 heterocycles. The van der Waals surface area contributed by atoms with Gasteiger partial charge in [-0.25, -0.2) is 10.4 Å². The lowest BCUT2D eigenvalue weighted by Crippen LogP contribution is -2.17. The predicted molar refractivity (Wildman–Crippen MR) is 151 cm³/mol. The number of hydrogen-bond donors (Lipinski definition) is 2. The second kappa shape index (κ2) is 12.7. The van der Waals surface area contributed by atoms with E-state index in [1.54, 1.807) is 36.6 Å². The molecule has 0 aliphatic carbocycles. The van der Waals surface area contributed by atoms with Crippen LogP contribution >= 0.6 is 22.9 Å². The number of nitrogens with one attached hydrogen (secondary N) is 2. The smallest absolute Gasteiger partial charge is 0.271 e. The van der Waals surface area contributed by atoms with Crippen molar-refractivity contribution in [3.63, 3.8) is 0 Å². The standard InChI is InChI=1S/C28H25ClN4O3S/c1-3-15-36-25-14-5-19(16-26(25)35-4-2)17-30-33-27(34)21-8-6-20(7-9-21)24-18-37-28(32-24)31-23-12-10-22(29)11-13-23/h3,5-14,16-18H,1,4,15H2,2H3,(H,31,32)(H,33,34)/b30-17+. The van der Waals surface area contributed by atoms with Gasteiger partial charge in [-0.1, -0.05) is 36.4 Å². The van der Waals surface area contributed by atoms with Gasteiger partial charge in [-0.3, -0.25) is 4.79 Å². The third-order valence-electron chi connectivity index (χ3n) is 5.05. The fourth-order valence-corrected chi connectivity index (χ4v) is 4.15. The van der Waals surface area contributed by atoms with Crippen molar-refractivity contribution in [2.45, 2.75) is 6.92 Å². The Hall–Kier alpha value is -4.14. The minimum atomic E-state index is -0.317. The molecule has 1 aromatic heterocycles. The third-order valence-corrected chi connectivity index (χ3v) is 6.06. The van der Waals surface area contributed by atoms with Crippen molar-refractivity contribution in [2.24, 2.45) is 5.10 Å². The molecule has 7 nitrogen and oxygen atoms in total. The van der Waals surface area contributed by atoms with Gasteiger partial charge in [0.2, 0.25) is 0 Å². The molecule has 0 bridgehead atoms. The second-order valence-electron chi connectivity index (χ2n) is 7.69. The van der Waals surface area contributed by atoms with Crippen molar-refractivity contribution >= 4 is 45.9 Å². The zero-order chi connectivity index (χ0) is 26.0. The first kappa shape index (κ1) is 25.9. The largest absolute Gasteiger partial charge is 0.490 e. The lowest BCUT2D eigenvalue weighted by Gasteiger charge is -2.11. The summed E-state index contributed by atoms with van der Waals surface area (Å²) >= 11 is 7.43. The topological polar surface area (TPSA) is 84.8 Å². The summed E-state index contributed by atoms with van der Waals surface area (Å²) in [6.45, 7) is 6.43. The fraction of sp³-hybridized carbons (Fsp3) is 0.107. The molecule has 37 heavy (non-hydrogen) atoms. The van der Waals surface area contributed by atoms with Crippen LogP contribution in [0.3, 0.4) is 0 Å². The van der Waals surface area contributed by atoms with E-state index in [1.165, 1.54) is 11.3 Å². The number of thiazole rings is 1. The van der Waals surface area contributed by atoms with Gasteiger partial charge in [-0.05, 0) is 67.1 Å². The Morgan fingerprint density at radius 1 is 1.08 bits per heavy atom. The molecule has 0 unspecified atom stereocenters. The average Bonchev–Trinajstić information content (AvgIpc) is 3.38. The second-order valence-corrected chi connectivity index (χ2v) is 8.98. The average molecular weight is 533 g/mol. The number of amides is 1. The number of hydrogen-bond acceptors (Lipinski definition) is 7. The highest BCUT2D eigenvalue weighted by Crippen LogP contribution is 2.29. The van der Waals surface area contributed by atoms with E-state index >= 15 is 0 Å². The molecule has 0 spiro atoms. The number of aromatic nitrogens is 1. The Morgan fingerprint density at radius 3 is 2.59 bits per heavy atom. The third kappa shape index (κ3) is 7.19. The number of benzene rings is 3. The minimum Gasteiger partial charge on any atom is -0.490 e. The van der Waals surface area contributed by atoms with E-state index in [0.717, 1.165) is 27.6 Å². The molecule has 3 aromatic carbocycles. The molecule has 4 rings (SSSR count). The summed E-state index contributed by atoms with van der Waals surface area (Å²) in [5, 5.41) is 10.7. The maximum atomic E-state index is 12.5. The van der Waals surface area contributed by atoms with Crippen LogP contribution in [0.25, 0.3) is 11.3 Å². The first-order valence-corrected chi connectivity index (χ1v) is 12.7. The van der Waals surface area contributed by atoms with E-state index < -0.39 is 0 Å². The van der Waals surface area contributed by atoms with Gasteiger partial charge >= 0.3 is 0 Å². The number of carbonyl (C=O) groups excluding carboxylic acids is 1. The van der Waals surface area contributed by atoms with Gasteiger partial charge in [0, 0.05) is 27.2 Å². The summed E-state index contributed by atoms with van der Waals surface area (Å²) in [5.74, 6) is 0.905. The first-order chi connectivity index (χ1) is 18.1. The van der Waals surface area contributed by atoms with Gasteiger partial charge in [0.1, 0.15) is 6.61 Å². The van der Waals surface area contributed by atoms with Crippen LogP contribution < -0.4 is 20.2 Å². The summed E-state index contributed by atoms with van der Waals surface area (Å²) in [6, 6.07) is 20.1. The highest BCUT2D eigenvalue weighted by atomic mass is 35.5. The Bertz CT molecular complexity index is 1390. The molecule has 0 saturated carbocycles. The Balaban J connectivity index is 1.35. The Kier molecular flexibility index (Phi) is 8.91. The van der Waals surface area contributed by atoms with Gasteiger partial charge < -0.3 is 14.8 Å². The summed E-state index contributed by atoms with van der Waals surface area (Å²) < 4.78 is 11.2. The highest BCUT2D eigenvalue weighted by Gasteiger charge is 2.09. The number of rotatable bonds is 11. The van der Waals surface area contributed by atoms with Crippen LogP contribution in [0.5, 0.6) is 11.5 Å². The van der Waals surface area contributed by atoms with Crippen LogP contribution in [-0.2, 0) is 0 Å². The van der Waals surface area contributed by atoms with E-state index in [0.29, 0.717) is 35.3 Å². The number of ether oxygens (including phenoxy) is 2. The Labute approximate surface area is 224 Å². The van der Waals surface area contributed by atoms with Crippen LogP contribution in [0.1, 0.15) is 22.8 Å². The van der Waals surface area contributed by atoms with E-state index in [4.69, 9.17) is 21.1 Å². The number of nitrogens with zero attached hydrogens (tertiary/aromatic N) is 2. The number of hydrazone groups is 1. The Morgan fingerprint density at radius 2 is 1.86 bits per heavy atom. The van der Waals surface area contributed by atoms with Crippen LogP contribution in [0, 0.1) is 0 Å². The monoisotopic (exact) mass is 532 g/mol. The first-order valence-electron chi connectivity index (χ1n) is 11.5.